The Kier molecular flexibility index (Phi) is 5.50. The molecule has 1 fully saturated rings. The van der Waals surface area contributed by atoms with Crippen LogP contribution in [-0.4, -0.2) is 49.7 Å². The number of aromatic nitrogens is 2. The van der Waals surface area contributed by atoms with E-state index in [4.69, 9.17) is 9.26 Å². The zero-order valence-electron chi connectivity index (χ0n) is 16.0. The van der Waals surface area contributed by atoms with Crippen molar-refractivity contribution in [3.8, 4) is 0 Å². The van der Waals surface area contributed by atoms with Crippen molar-refractivity contribution < 1.29 is 17.7 Å². The molecule has 2 aromatic rings. The van der Waals surface area contributed by atoms with Crippen molar-refractivity contribution in [1.29, 1.82) is 0 Å². The lowest BCUT2D eigenvalue weighted by atomic mass is 10.1. The van der Waals surface area contributed by atoms with Gasteiger partial charge in [0.15, 0.2) is 5.82 Å². The van der Waals surface area contributed by atoms with Crippen LogP contribution in [0.1, 0.15) is 44.0 Å². The summed E-state index contributed by atoms with van der Waals surface area (Å²) in [4.78, 5) is 4.70. The van der Waals surface area contributed by atoms with Crippen molar-refractivity contribution in [3.05, 3.63) is 41.5 Å². The molecule has 7 nitrogen and oxygen atoms in total. The van der Waals surface area contributed by atoms with Gasteiger partial charge in [-0.05, 0) is 50.5 Å². The Morgan fingerprint density at radius 2 is 1.93 bits per heavy atom. The third-order valence-corrected chi connectivity index (χ3v) is 6.94. The molecule has 146 valence electrons. The number of ether oxygens (including phenoxy) is 1. The Morgan fingerprint density at radius 1 is 1.26 bits per heavy atom. The lowest BCUT2D eigenvalue weighted by Crippen LogP contribution is -2.32. The first kappa shape index (κ1) is 19.7. The van der Waals surface area contributed by atoms with Crippen LogP contribution in [0.25, 0.3) is 12.2 Å². The van der Waals surface area contributed by atoms with Crippen molar-refractivity contribution in [2.75, 3.05) is 20.8 Å². The van der Waals surface area contributed by atoms with Crippen LogP contribution in [0.5, 0.6) is 0 Å². The summed E-state index contributed by atoms with van der Waals surface area (Å²) in [6.07, 6.45) is 5.55. The molecule has 0 atom stereocenters. The molecule has 0 spiro atoms. The van der Waals surface area contributed by atoms with Crippen LogP contribution in [0.3, 0.4) is 0 Å². The van der Waals surface area contributed by atoms with E-state index in [1.54, 1.807) is 44.5 Å². The van der Waals surface area contributed by atoms with Gasteiger partial charge in [-0.15, -0.1) is 0 Å². The summed E-state index contributed by atoms with van der Waals surface area (Å²) in [5.74, 6) is 1.10. The second kappa shape index (κ2) is 7.53. The van der Waals surface area contributed by atoms with Crippen molar-refractivity contribution >= 4 is 22.2 Å². The summed E-state index contributed by atoms with van der Waals surface area (Å²) in [6, 6.07) is 6.61. The molecule has 1 heterocycles. The first-order valence-corrected chi connectivity index (χ1v) is 10.3. The fourth-order valence-electron chi connectivity index (χ4n) is 2.74. The largest absolute Gasteiger partial charge is 0.384 e. The summed E-state index contributed by atoms with van der Waals surface area (Å²) in [5, 5.41) is 4.06. The zero-order valence-corrected chi connectivity index (χ0v) is 16.9. The van der Waals surface area contributed by atoms with Crippen LogP contribution >= 0.6 is 0 Å². The second-order valence-electron chi connectivity index (χ2n) is 7.19. The fraction of sp³-hybridized carbons (Fsp3) is 0.474. The molecule has 0 amide bonds. The standard InChI is InChI=1S/C19H25N3O4S/c1-14(2)22(3)27(23,24)16-8-5-15(6-9-16)7-10-17-20-18(21-26-17)19(11-12-19)13-25-4/h5-10,14H,11-13H2,1-4H3/b10-7+. The molecule has 0 unspecified atom stereocenters. The van der Waals surface area contributed by atoms with E-state index in [1.165, 1.54) is 4.31 Å². The minimum absolute atomic E-state index is 0.0945. The molecule has 1 aromatic carbocycles. The molecule has 1 saturated carbocycles. The maximum atomic E-state index is 12.5. The van der Waals surface area contributed by atoms with Gasteiger partial charge in [0.05, 0.1) is 16.9 Å². The summed E-state index contributed by atoms with van der Waals surface area (Å²) >= 11 is 0. The minimum atomic E-state index is -3.48. The van der Waals surface area contributed by atoms with Crippen molar-refractivity contribution in [1.82, 2.24) is 14.4 Å². The van der Waals surface area contributed by atoms with Crippen molar-refractivity contribution in [2.45, 2.75) is 43.0 Å². The van der Waals surface area contributed by atoms with E-state index >= 15 is 0 Å². The summed E-state index contributed by atoms with van der Waals surface area (Å²) in [7, 11) is -0.226. The maximum Gasteiger partial charge on any atom is 0.250 e. The van der Waals surface area contributed by atoms with Crippen molar-refractivity contribution in [3.63, 3.8) is 0 Å². The Morgan fingerprint density at radius 3 is 2.48 bits per heavy atom. The third-order valence-electron chi connectivity index (χ3n) is 4.89. The summed E-state index contributed by atoms with van der Waals surface area (Å²) in [6.45, 7) is 4.27. The number of sulfonamides is 1. The van der Waals surface area contributed by atoms with Gasteiger partial charge in [-0.3, -0.25) is 0 Å². The SMILES string of the molecule is COCC1(c2noc(/C=C/c3ccc(S(=O)(=O)N(C)C(C)C)cc3)n2)CC1. The number of nitrogens with zero attached hydrogens (tertiary/aromatic N) is 3. The molecule has 1 aliphatic carbocycles. The smallest absolute Gasteiger partial charge is 0.250 e. The second-order valence-corrected chi connectivity index (χ2v) is 9.18. The molecule has 3 rings (SSSR count). The van der Waals surface area contributed by atoms with Gasteiger partial charge in [-0.25, -0.2) is 8.42 Å². The van der Waals surface area contributed by atoms with Gasteiger partial charge in [0.1, 0.15) is 0 Å². The van der Waals surface area contributed by atoms with E-state index in [1.807, 2.05) is 19.9 Å². The lowest BCUT2D eigenvalue weighted by Gasteiger charge is -2.20. The molecule has 0 radical (unpaired) electrons. The molecule has 1 aliphatic rings. The highest BCUT2D eigenvalue weighted by molar-refractivity contribution is 7.89. The molecule has 27 heavy (non-hydrogen) atoms. The monoisotopic (exact) mass is 391 g/mol. The molecule has 8 heteroatoms. The summed E-state index contributed by atoms with van der Waals surface area (Å²) in [5.41, 5.74) is 0.752. The highest BCUT2D eigenvalue weighted by atomic mass is 32.2. The normalized spacial score (nSPS) is 16.5. The Labute approximate surface area is 160 Å². The van der Waals surface area contributed by atoms with Gasteiger partial charge in [0.25, 0.3) is 5.89 Å². The molecule has 0 bridgehead atoms. The van der Waals surface area contributed by atoms with Gasteiger partial charge >= 0.3 is 0 Å². The molecule has 0 N–H and O–H groups in total. The maximum absolute atomic E-state index is 12.5. The topological polar surface area (TPSA) is 85.5 Å². The average Bonchev–Trinajstić information content (AvgIpc) is 3.27. The number of methoxy groups -OCH3 is 1. The van der Waals surface area contributed by atoms with Crippen LogP contribution < -0.4 is 0 Å². The van der Waals surface area contributed by atoms with Gasteiger partial charge in [-0.2, -0.15) is 9.29 Å². The average molecular weight is 391 g/mol. The first-order chi connectivity index (χ1) is 12.8. The predicted molar refractivity (Wildman–Crippen MR) is 103 cm³/mol. The van der Waals surface area contributed by atoms with E-state index in [9.17, 15) is 8.42 Å². The van der Waals surface area contributed by atoms with E-state index in [-0.39, 0.29) is 16.4 Å². The van der Waals surface area contributed by atoms with Crippen LogP contribution in [0, 0.1) is 0 Å². The fourth-order valence-corrected chi connectivity index (χ4v) is 4.11. The quantitative estimate of drug-likeness (QED) is 0.688. The van der Waals surface area contributed by atoms with Gasteiger partial charge in [-0.1, -0.05) is 17.3 Å². The van der Waals surface area contributed by atoms with Crippen LogP contribution in [-0.2, 0) is 20.2 Å². The van der Waals surface area contributed by atoms with Gasteiger partial charge in [0, 0.05) is 26.3 Å². The van der Waals surface area contributed by atoms with Crippen LogP contribution in [0.4, 0.5) is 0 Å². The number of rotatable bonds is 8. The first-order valence-electron chi connectivity index (χ1n) is 8.88. The molecule has 0 saturated heterocycles. The van der Waals surface area contributed by atoms with Gasteiger partial charge in [0.2, 0.25) is 10.0 Å². The molecule has 1 aromatic heterocycles. The highest BCUT2D eigenvalue weighted by Crippen LogP contribution is 2.46. The Hall–Kier alpha value is -2.03. The summed E-state index contributed by atoms with van der Waals surface area (Å²) < 4.78 is 36.9. The van der Waals surface area contributed by atoms with Crippen LogP contribution in [0.2, 0.25) is 0 Å². The minimum Gasteiger partial charge on any atom is -0.384 e. The number of hydrogen-bond acceptors (Lipinski definition) is 6. The molecular weight excluding hydrogens is 366 g/mol. The van der Waals surface area contributed by atoms with Crippen LogP contribution in [0.15, 0.2) is 33.7 Å². The molecular formula is C19H25N3O4S. The number of hydrogen-bond donors (Lipinski definition) is 0. The number of benzene rings is 1. The Bertz CT molecular complexity index is 913. The third kappa shape index (κ3) is 4.12. The predicted octanol–water partition coefficient (Wildman–Crippen LogP) is 2.95. The highest BCUT2D eigenvalue weighted by Gasteiger charge is 2.48. The van der Waals surface area contributed by atoms with E-state index in [0.29, 0.717) is 18.3 Å². The van der Waals surface area contributed by atoms with Gasteiger partial charge < -0.3 is 9.26 Å². The van der Waals surface area contributed by atoms with E-state index in [2.05, 4.69) is 10.1 Å². The Balaban J connectivity index is 1.71. The lowest BCUT2D eigenvalue weighted by molar-refractivity contribution is 0.167. The zero-order chi connectivity index (χ0) is 19.7. The van der Waals surface area contributed by atoms with Crippen molar-refractivity contribution in [2.24, 2.45) is 0 Å². The molecule has 0 aliphatic heterocycles. The van der Waals surface area contributed by atoms with E-state index in [0.717, 1.165) is 18.4 Å². The van der Waals surface area contributed by atoms with E-state index < -0.39 is 10.0 Å².